The Labute approximate surface area is 130 Å². The fourth-order valence-corrected chi connectivity index (χ4v) is 2.86. The van der Waals surface area contributed by atoms with Gasteiger partial charge in [-0.25, -0.2) is 0 Å². The molecular formula is C15H21Cl2NO2. The van der Waals surface area contributed by atoms with Crippen LogP contribution in [-0.2, 0) is 11.2 Å². The van der Waals surface area contributed by atoms with Crippen molar-refractivity contribution < 1.29 is 9.47 Å². The van der Waals surface area contributed by atoms with E-state index in [0.29, 0.717) is 10.0 Å². The van der Waals surface area contributed by atoms with Crippen molar-refractivity contribution in [3.8, 4) is 5.75 Å². The van der Waals surface area contributed by atoms with Crippen LogP contribution in [0.5, 0.6) is 5.75 Å². The summed E-state index contributed by atoms with van der Waals surface area (Å²) in [4.78, 5) is 0. The zero-order valence-electron chi connectivity index (χ0n) is 11.7. The Morgan fingerprint density at radius 3 is 2.70 bits per heavy atom. The van der Waals surface area contributed by atoms with Crippen LogP contribution >= 0.6 is 23.2 Å². The van der Waals surface area contributed by atoms with E-state index in [1.165, 1.54) is 0 Å². The van der Waals surface area contributed by atoms with Crippen LogP contribution in [0.2, 0.25) is 10.0 Å². The molecule has 1 aliphatic rings. The van der Waals surface area contributed by atoms with Gasteiger partial charge in [-0.2, -0.15) is 0 Å². The number of nitrogens with two attached hydrogens (primary N) is 1. The molecule has 0 saturated carbocycles. The van der Waals surface area contributed by atoms with Crippen LogP contribution in [0.15, 0.2) is 12.1 Å². The Kier molecular flexibility index (Phi) is 5.97. The summed E-state index contributed by atoms with van der Waals surface area (Å²) < 4.78 is 11.4. The molecule has 1 heterocycles. The number of rotatable bonds is 5. The molecule has 2 N–H and O–H groups in total. The van der Waals surface area contributed by atoms with Gasteiger partial charge in [0.05, 0.1) is 18.2 Å². The minimum absolute atomic E-state index is 0.0848. The summed E-state index contributed by atoms with van der Waals surface area (Å²) >= 11 is 12.4. The van der Waals surface area contributed by atoms with Crippen molar-refractivity contribution >= 4 is 23.2 Å². The van der Waals surface area contributed by atoms with Gasteiger partial charge in [0, 0.05) is 23.9 Å². The monoisotopic (exact) mass is 317 g/mol. The van der Waals surface area contributed by atoms with E-state index in [2.05, 4.69) is 6.92 Å². The van der Waals surface area contributed by atoms with E-state index in [-0.39, 0.29) is 12.1 Å². The van der Waals surface area contributed by atoms with Crippen molar-refractivity contribution in [2.24, 2.45) is 5.73 Å². The molecule has 1 aromatic carbocycles. The zero-order chi connectivity index (χ0) is 14.5. The van der Waals surface area contributed by atoms with Crippen molar-refractivity contribution in [3.05, 3.63) is 27.7 Å². The third-order valence-corrected chi connectivity index (χ3v) is 4.04. The van der Waals surface area contributed by atoms with Crippen molar-refractivity contribution in [2.45, 2.75) is 44.8 Å². The zero-order valence-corrected chi connectivity index (χ0v) is 13.2. The van der Waals surface area contributed by atoms with Gasteiger partial charge in [-0.1, -0.05) is 30.1 Å². The fourth-order valence-electron chi connectivity index (χ4n) is 2.28. The van der Waals surface area contributed by atoms with Crippen LogP contribution in [0.4, 0.5) is 0 Å². The van der Waals surface area contributed by atoms with E-state index in [0.717, 1.165) is 50.2 Å². The normalized spacial score (nSPS) is 18.0. The molecule has 2 rings (SSSR count). The number of ether oxygens (including phenoxy) is 2. The predicted molar refractivity (Wildman–Crippen MR) is 82.9 cm³/mol. The Balaban J connectivity index is 2.19. The summed E-state index contributed by atoms with van der Waals surface area (Å²) in [6.45, 7) is 3.54. The Morgan fingerprint density at radius 1 is 1.35 bits per heavy atom. The van der Waals surface area contributed by atoms with Crippen LogP contribution in [-0.4, -0.2) is 25.4 Å². The van der Waals surface area contributed by atoms with Gasteiger partial charge < -0.3 is 15.2 Å². The summed E-state index contributed by atoms with van der Waals surface area (Å²) in [5.41, 5.74) is 7.03. The second-order valence-corrected chi connectivity index (χ2v) is 6.02. The molecule has 1 fully saturated rings. The predicted octanol–water partition coefficient (Wildman–Crippen LogP) is 3.83. The third kappa shape index (κ3) is 4.26. The van der Waals surface area contributed by atoms with Gasteiger partial charge in [0.25, 0.3) is 0 Å². The van der Waals surface area contributed by atoms with Gasteiger partial charge in [-0.3, -0.25) is 0 Å². The van der Waals surface area contributed by atoms with E-state index in [9.17, 15) is 0 Å². The van der Waals surface area contributed by atoms with Crippen molar-refractivity contribution in [1.82, 2.24) is 0 Å². The van der Waals surface area contributed by atoms with E-state index in [4.69, 9.17) is 38.4 Å². The smallest absolute Gasteiger partial charge is 0.141 e. The maximum Gasteiger partial charge on any atom is 0.141 e. The van der Waals surface area contributed by atoms with Crippen LogP contribution in [0.1, 0.15) is 31.7 Å². The number of hydrogen-bond acceptors (Lipinski definition) is 3. The molecule has 3 nitrogen and oxygen atoms in total. The molecule has 20 heavy (non-hydrogen) atoms. The third-order valence-electron chi connectivity index (χ3n) is 3.54. The molecule has 5 heteroatoms. The largest absolute Gasteiger partial charge is 0.488 e. The van der Waals surface area contributed by atoms with E-state index in [1.807, 2.05) is 6.07 Å². The standard InChI is InChI=1S/C15H21Cl2NO2/c1-2-12(18)8-10-7-11(16)9-14(17)15(10)20-13-3-5-19-6-4-13/h7,9,12-13H,2-6,8,18H2,1H3. The maximum atomic E-state index is 6.30. The minimum atomic E-state index is 0.0848. The summed E-state index contributed by atoms with van der Waals surface area (Å²) in [5, 5.41) is 1.18. The SMILES string of the molecule is CCC(N)Cc1cc(Cl)cc(Cl)c1OC1CCOCC1. The first kappa shape index (κ1) is 15.9. The lowest BCUT2D eigenvalue weighted by Crippen LogP contribution is -2.27. The lowest BCUT2D eigenvalue weighted by molar-refractivity contribution is 0.0252. The topological polar surface area (TPSA) is 44.5 Å². The number of hydrogen-bond donors (Lipinski definition) is 1. The first-order valence-electron chi connectivity index (χ1n) is 7.08. The molecule has 0 aromatic heterocycles. The van der Waals surface area contributed by atoms with Crippen molar-refractivity contribution in [2.75, 3.05) is 13.2 Å². The van der Waals surface area contributed by atoms with Gasteiger partial charge >= 0.3 is 0 Å². The van der Waals surface area contributed by atoms with Crippen molar-refractivity contribution in [3.63, 3.8) is 0 Å². The molecule has 1 aromatic rings. The summed E-state index contributed by atoms with van der Waals surface area (Å²) in [5.74, 6) is 0.729. The quantitative estimate of drug-likeness (QED) is 0.897. The minimum Gasteiger partial charge on any atom is -0.488 e. The van der Waals surface area contributed by atoms with Gasteiger partial charge in [-0.15, -0.1) is 0 Å². The molecule has 112 valence electrons. The highest BCUT2D eigenvalue weighted by atomic mass is 35.5. The van der Waals surface area contributed by atoms with E-state index < -0.39 is 0 Å². The van der Waals surface area contributed by atoms with Crippen LogP contribution in [0, 0.1) is 0 Å². The van der Waals surface area contributed by atoms with E-state index >= 15 is 0 Å². The maximum absolute atomic E-state index is 6.30. The van der Waals surface area contributed by atoms with Gasteiger partial charge in [0.15, 0.2) is 0 Å². The van der Waals surface area contributed by atoms with Gasteiger partial charge in [-0.05, 0) is 30.5 Å². The molecule has 1 aliphatic heterocycles. The first-order valence-corrected chi connectivity index (χ1v) is 7.83. The Hall–Kier alpha value is -0.480. The van der Waals surface area contributed by atoms with Crippen LogP contribution < -0.4 is 10.5 Å². The molecule has 1 atom stereocenters. The highest BCUT2D eigenvalue weighted by molar-refractivity contribution is 6.35. The van der Waals surface area contributed by atoms with Gasteiger partial charge in [0.2, 0.25) is 0 Å². The molecule has 0 radical (unpaired) electrons. The lowest BCUT2D eigenvalue weighted by Gasteiger charge is -2.25. The van der Waals surface area contributed by atoms with Crippen molar-refractivity contribution in [1.29, 1.82) is 0 Å². The van der Waals surface area contributed by atoms with Crippen LogP contribution in [0.25, 0.3) is 0 Å². The molecule has 1 saturated heterocycles. The van der Waals surface area contributed by atoms with Gasteiger partial charge in [0.1, 0.15) is 11.9 Å². The summed E-state index contributed by atoms with van der Waals surface area (Å²) in [6, 6.07) is 3.71. The molecule has 0 bridgehead atoms. The number of benzene rings is 1. The average Bonchev–Trinajstić information content (AvgIpc) is 2.43. The molecule has 1 unspecified atom stereocenters. The second kappa shape index (κ2) is 7.51. The second-order valence-electron chi connectivity index (χ2n) is 5.18. The lowest BCUT2D eigenvalue weighted by atomic mass is 10.0. The first-order chi connectivity index (χ1) is 9.60. The Bertz CT molecular complexity index is 448. The highest BCUT2D eigenvalue weighted by Gasteiger charge is 2.20. The van der Waals surface area contributed by atoms with Crippen LogP contribution in [0.3, 0.4) is 0 Å². The number of halogens is 2. The summed E-state index contributed by atoms with van der Waals surface area (Å²) in [7, 11) is 0. The molecule has 0 amide bonds. The highest BCUT2D eigenvalue weighted by Crippen LogP contribution is 2.35. The molecular weight excluding hydrogens is 297 g/mol. The van der Waals surface area contributed by atoms with E-state index in [1.54, 1.807) is 6.07 Å². The fraction of sp³-hybridized carbons (Fsp3) is 0.600. The summed E-state index contributed by atoms with van der Waals surface area (Å²) in [6.07, 6.45) is 3.55. The Morgan fingerprint density at radius 2 is 2.05 bits per heavy atom. The average molecular weight is 318 g/mol. The molecule has 0 spiro atoms. The molecule has 0 aliphatic carbocycles.